The van der Waals surface area contributed by atoms with Gasteiger partial charge in [-0.15, -0.1) is 0 Å². The van der Waals surface area contributed by atoms with E-state index in [4.69, 9.17) is 9.15 Å². The van der Waals surface area contributed by atoms with E-state index in [0.29, 0.717) is 30.0 Å². The van der Waals surface area contributed by atoms with Gasteiger partial charge in [-0.2, -0.15) is 10.4 Å². The highest BCUT2D eigenvalue weighted by molar-refractivity contribution is 5.91. The lowest BCUT2D eigenvalue weighted by Gasteiger charge is -2.21. The van der Waals surface area contributed by atoms with Gasteiger partial charge in [-0.25, -0.2) is 9.48 Å². The van der Waals surface area contributed by atoms with E-state index in [1.165, 1.54) is 10.9 Å². The summed E-state index contributed by atoms with van der Waals surface area (Å²) in [5.74, 6) is -0.686. The van der Waals surface area contributed by atoms with E-state index >= 15 is 0 Å². The standard InChI is InChI=1S/C22H20N4O4/c23-15-22(10-4-5-11-22)24-20(27)14-30-21(28)18-13-17(19-9-6-12-29-19)25-26(18)16-7-2-1-3-8-16/h1-3,6-9,12-13H,4-5,10-11,14H2,(H,24,27). The van der Waals surface area contributed by atoms with Crippen LogP contribution in [-0.4, -0.2) is 33.8 Å². The number of ether oxygens (including phenoxy) is 1. The van der Waals surface area contributed by atoms with Gasteiger partial charge in [-0.1, -0.05) is 18.2 Å². The molecule has 0 saturated heterocycles. The van der Waals surface area contributed by atoms with Crippen LogP contribution in [0.2, 0.25) is 0 Å². The van der Waals surface area contributed by atoms with Crippen molar-refractivity contribution in [1.29, 1.82) is 5.26 Å². The summed E-state index contributed by atoms with van der Waals surface area (Å²) >= 11 is 0. The summed E-state index contributed by atoms with van der Waals surface area (Å²) in [6, 6.07) is 16.3. The lowest BCUT2D eigenvalue weighted by Crippen LogP contribution is -2.46. The maximum atomic E-state index is 12.8. The summed E-state index contributed by atoms with van der Waals surface area (Å²) in [6.07, 6.45) is 4.51. The van der Waals surface area contributed by atoms with Crippen molar-refractivity contribution in [2.45, 2.75) is 31.2 Å². The van der Waals surface area contributed by atoms with Crippen molar-refractivity contribution in [1.82, 2.24) is 15.1 Å². The molecule has 30 heavy (non-hydrogen) atoms. The quantitative estimate of drug-likeness (QED) is 0.632. The molecule has 8 heteroatoms. The molecule has 1 aliphatic rings. The molecule has 0 bridgehead atoms. The molecule has 2 heterocycles. The zero-order valence-corrected chi connectivity index (χ0v) is 16.2. The molecule has 0 radical (unpaired) electrons. The molecule has 0 atom stereocenters. The highest BCUT2D eigenvalue weighted by atomic mass is 16.5. The lowest BCUT2D eigenvalue weighted by atomic mass is 10.00. The van der Waals surface area contributed by atoms with Crippen LogP contribution in [0.1, 0.15) is 36.2 Å². The third-order valence-corrected chi connectivity index (χ3v) is 5.08. The molecule has 0 aliphatic heterocycles. The molecule has 1 fully saturated rings. The lowest BCUT2D eigenvalue weighted by molar-refractivity contribution is -0.125. The molecule has 1 aromatic carbocycles. The molecule has 1 N–H and O–H groups in total. The van der Waals surface area contributed by atoms with E-state index in [9.17, 15) is 14.9 Å². The molecular formula is C22H20N4O4. The molecule has 0 spiro atoms. The fraction of sp³-hybridized carbons (Fsp3) is 0.273. The maximum Gasteiger partial charge on any atom is 0.357 e. The van der Waals surface area contributed by atoms with E-state index in [1.807, 2.05) is 18.2 Å². The monoisotopic (exact) mass is 404 g/mol. The minimum absolute atomic E-state index is 0.163. The summed E-state index contributed by atoms with van der Waals surface area (Å²) in [5.41, 5.74) is 0.439. The van der Waals surface area contributed by atoms with E-state index in [2.05, 4.69) is 16.5 Å². The predicted molar refractivity (Wildman–Crippen MR) is 107 cm³/mol. The van der Waals surface area contributed by atoms with Gasteiger partial charge in [0.25, 0.3) is 5.91 Å². The number of benzene rings is 1. The van der Waals surface area contributed by atoms with Crippen molar-refractivity contribution in [2.24, 2.45) is 0 Å². The van der Waals surface area contributed by atoms with Crippen LogP contribution in [0.3, 0.4) is 0 Å². The zero-order chi connectivity index (χ0) is 21.0. The van der Waals surface area contributed by atoms with Crippen molar-refractivity contribution in [3.63, 3.8) is 0 Å². The van der Waals surface area contributed by atoms with Crippen LogP contribution in [0.25, 0.3) is 17.1 Å². The summed E-state index contributed by atoms with van der Waals surface area (Å²) < 4.78 is 12.1. The average molecular weight is 404 g/mol. The van der Waals surface area contributed by atoms with Gasteiger partial charge in [0.1, 0.15) is 11.2 Å². The topological polar surface area (TPSA) is 110 Å². The van der Waals surface area contributed by atoms with Gasteiger partial charge in [0, 0.05) is 6.07 Å². The Bertz CT molecular complexity index is 1070. The zero-order valence-electron chi connectivity index (χ0n) is 16.2. The summed E-state index contributed by atoms with van der Waals surface area (Å²) in [6.45, 7) is -0.474. The highest BCUT2D eigenvalue weighted by Crippen LogP contribution is 2.28. The number of carbonyl (C=O) groups is 2. The minimum atomic E-state index is -0.859. The number of carbonyl (C=O) groups excluding carboxylic acids is 2. The van der Waals surface area contributed by atoms with E-state index < -0.39 is 24.0 Å². The van der Waals surface area contributed by atoms with Crippen LogP contribution in [0.15, 0.2) is 59.2 Å². The molecule has 0 unspecified atom stereocenters. The Hall–Kier alpha value is -3.86. The molecule has 152 valence electrons. The van der Waals surface area contributed by atoms with E-state index in [0.717, 1.165) is 12.8 Å². The third kappa shape index (κ3) is 3.96. The number of aromatic nitrogens is 2. The van der Waals surface area contributed by atoms with E-state index in [-0.39, 0.29) is 5.69 Å². The number of amides is 1. The second-order valence-electron chi connectivity index (χ2n) is 7.16. The first-order chi connectivity index (χ1) is 14.6. The Kier molecular flexibility index (Phi) is 5.35. The first kappa shape index (κ1) is 19.5. The van der Waals surface area contributed by atoms with Crippen LogP contribution >= 0.6 is 0 Å². The predicted octanol–water partition coefficient (Wildman–Crippen LogP) is 3.24. The number of hydrogen-bond acceptors (Lipinski definition) is 6. The Morgan fingerprint density at radius 2 is 1.97 bits per heavy atom. The summed E-state index contributed by atoms with van der Waals surface area (Å²) in [5, 5.41) is 16.5. The molecule has 1 aliphatic carbocycles. The van der Waals surface area contributed by atoms with Gasteiger partial charge in [-0.3, -0.25) is 4.79 Å². The second kappa shape index (κ2) is 8.25. The molecule has 1 amide bonds. The normalized spacial score (nSPS) is 14.8. The highest BCUT2D eigenvalue weighted by Gasteiger charge is 2.35. The van der Waals surface area contributed by atoms with Crippen LogP contribution in [-0.2, 0) is 9.53 Å². The van der Waals surface area contributed by atoms with Gasteiger partial charge in [-0.05, 0) is 49.9 Å². The second-order valence-corrected chi connectivity index (χ2v) is 7.16. The van der Waals surface area contributed by atoms with Gasteiger partial charge in [0.2, 0.25) is 0 Å². The van der Waals surface area contributed by atoms with Crippen molar-refractivity contribution in [3.05, 3.63) is 60.5 Å². The Morgan fingerprint density at radius 1 is 1.20 bits per heavy atom. The maximum absolute atomic E-state index is 12.8. The van der Waals surface area contributed by atoms with Gasteiger partial charge < -0.3 is 14.5 Å². The van der Waals surface area contributed by atoms with Crippen molar-refractivity contribution in [3.8, 4) is 23.2 Å². The van der Waals surface area contributed by atoms with Gasteiger partial charge >= 0.3 is 5.97 Å². The molecule has 4 rings (SSSR count). The minimum Gasteiger partial charge on any atom is -0.463 e. The van der Waals surface area contributed by atoms with Crippen molar-refractivity contribution < 1.29 is 18.7 Å². The number of hydrogen-bond donors (Lipinski definition) is 1. The Balaban J connectivity index is 1.52. The van der Waals surface area contributed by atoms with Crippen LogP contribution in [0, 0.1) is 11.3 Å². The largest absolute Gasteiger partial charge is 0.463 e. The first-order valence-corrected chi connectivity index (χ1v) is 9.69. The Morgan fingerprint density at radius 3 is 2.63 bits per heavy atom. The number of rotatable bonds is 6. The molecule has 1 saturated carbocycles. The first-order valence-electron chi connectivity index (χ1n) is 9.69. The van der Waals surface area contributed by atoms with Crippen molar-refractivity contribution >= 4 is 11.9 Å². The van der Waals surface area contributed by atoms with Crippen LogP contribution in [0.5, 0.6) is 0 Å². The van der Waals surface area contributed by atoms with Gasteiger partial charge in [0.05, 0.1) is 18.0 Å². The molecule has 8 nitrogen and oxygen atoms in total. The number of nitrogens with one attached hydrogen (secondary N) is 1. The molecule has 3 aromatic rings. The average Bonchev–Trinajstić information content (AvgIpc) is 3.53. The molecule has 2 aromatic heterocycles. The number of nitrogens with zero attached hydrogens (tertiary/aromatic N) is 3. The number of para-hydroxylation sites is 1. The van der Waals surface area contributed by atoms with Gasteiger partial charge in [0.15, 0.2) is 18.1 Å². The van der Waals surface area contributed by atoms with Crippen LogP contribution < -0.4 is 5.32 Å². The SMILES string of the molecule is N#CC1(NC(=O)COC(=O)c2cc(-c3ccco3)nn2-c2ccccc2)CCCC1. The number of esters is 1. The Labute approximate surface area is 173 Å². The number of furan rings is 1. The fourth-order valence-corrected chi connectivity index (χ4v) is 3.59. The fourth-order valence-electron chi connectivity index (χ4n) is 3.59. The molecular weight excluding hydrogens is 384 g/mol. The van der Waals surface area contributed by atoms with E-state index in [1.54, 1.807) is 30.3 Å². The number of nitriles is 1. The third-order valence-electron chi connectivity index (χ3n) is 5.08. The van der Waals surface area contributed by atoms with Crippen LogP contribution in [0.4, 0.5) is 0 Å². The van der Waals surface area contributed by atoms with Crippen molar-refractivity contribution in [2.75, 3.05) is 6.61 Å². The summed E-state index contributed by atoms with van der Waals surface area (Å²) in [7, 11) is 0. The summed E-state index contributed by atoms with van der Waals surface area (Å²) in [4.78, 5) is 25.0. The smallest absolute Gasteiger partial charge is 0.357 e.